The maximum Gasteiger partial charge on any atom is 0.287 e. The summed E-state index contributed by atoms with van der Waals surface area (Å²) in [6, 6.07) is 10.9. The predicted molar refractivity (Wildman–Crippen MR) is 117 cm³/mol. The summed E-state index contributed by atoms with van der Waals surface area (Å²) in [6.07, 6.45) is 3.07. The number of hydrogen-bond donors (Lipinski definition) is 1. The molecular formula is C21H20ClN3O3S. The van der Waals surface area contributed by atoms with Crippen LogP contribution in [0, 0.1) is 13.8 Å². The number of amides is 1. The molecule has 0 spiro atoms. The minimum Gasteiger partial charge on any atom is -0.495 e. The van der Waals surface area contributed by atoms with Gasteiger partial charge in [-0.1, -0.05) is 29.4 Å². The maximum atomic E-state index is 12.8. The molecule has 1 aromatic heterocycles. The predicted octanol–water partition coefficient (Wildman–Crippen LogP) is 4.24. The average molecular weight is 430 g/mol. The van der Waals surface area contributed by atoms with E-state index in [2.05, 4.69) is 10.3 Å². The number of methoxy groups -OCH3 is 1. The zero-order valence-corrected chi connectivity index (χ0v) is 17.8. The standard InChI is InChI=1S/C21H20ClN3O3S/c1-13-8-14(2)10-15(9-13)24-19(26)12-29-20-21(27)25(7-6-23-20)16-4-5-18(28-3)17(22)11-16/h4-11H,12H2,1-3H3,(H,24,26). The number of rotatable bonds is 6. The van der Waals surface area contributed by atoms with E-state index in [1.54, 1.807) is 24.4 Å². The largest absolute Gasteiger partial charge is 0.495 e. The molecule has 29 heavy (non-hydrogen) atoms. The number of carbonyl (C=O) groups is 1. The number of ether oxygens (including phenoxy) is 1. The first-order valence-electron chi connectivity index (χ1n) is 8.80. The first-order valence-corrected chi connectivity index (χ1v) is 10.2. The van der Waals surface area contributed by atoms with Crippen molar-refractivity contribution in [1.29, 1.82) is 0 Å². The van der Waals surface area contributed by atoms with Gasteiger partial charge in [-0.2, -0.15) is 0 Å². The molecule has 6 nitrogen and oxygen atoms in total. The fraction of sp³-hybridized carbons (Fsp3) is 0.190. The van der Waals surface area contributed by atoms with Crippen LogP contribution in [0.25, 0.3) is 5.69 Å². The molecule has 0 atom stereocenters. The van der Waals surface area contributed by atoms with Crippen molar-refractivity contribution in [1.82, 2.24) is 9.55 Å². The van der Waals surface area contributed by atoms with Gasteiger partial charge in [-0.15, -0.1) is 0 Å². The van der Waals surface area contributed by atoms with Crippen LogP contribution in [0.3, 0.4) is 0 Å². The molecule has 0 bridgehead atoms. The average Bonchev–Trinajstić information content (AvgIpc) is 2.66. The van der Waals surface area contributed by atoms with E-state index in [4.69, 9.17) is 16.3 Å². The van der Waals surface area contributed by atoms with Crippen LogP contribution < -0.4 is 15.6 Å². The van der Waals surface area contributed by atoms with Gasteiger partial charge in [-0.25, -0.2) is 4.98 Å². The topological polar surface area (TPSA) is 73.2 Å². The van der Waals surface area contributed by atoms with E-state index >= 15 is 0 Å². The van der Waals surface area contributed by atoms with Gasteiger partial charge in [0.2, 0.25) is 5.91 Å². The van der Waals surface area contributed by atoms with E-state index in [1.807, 2.05) is 32.0 Å². The molecule has 8 heteroatoms. The van der Waals surface area contributed by atoms with E-state index < -0.39 is 0 Å². The van der Waals surface area contributed by atoms with E-state index in [0.29, 0.717) is 16.5 Å². The van der Waals surface area contributed by atoms with Crippen LogP contribution in [0.5, 0.6) is 5.75 Å². The monoisotopic (exact) mass is 429 g/mol. The van der Waals surface area contributed by atoms with Gasteiger partial charge in [0, 0.05) is 18.1 Å². The van der Waals surface area contributed by atoms with Crippen LogP contribution in [0.15, 0.2) is 58.6 Å². The Hall–Kier alpha value is -2.77. The first-order chi connectivity index (χ1) is 13.9. The molecule has 0 saturated heterocycles. The van der Waals surface area contributed by atoms with Crippen LogP contribution in [-0.2, 0) is 4.79 Å². The van der Waals surface area contributed by atoms with Crippen molar-refractivity contribution < 1.29 is 9.53 Å². The highest BCUT2D eigenvalue weighted by molar-refractivity contribution is 7.99. The quantitative estimate of drug-likeness (QED) is 0.593. The lowest BCUT2D eigenvalue weighted by Gasteiger charge is -2.10. The fourth-order valence-corrected chi connectivity index (χ4v) is 3.83. The summed E-state index contributed by atoms with van der Waals surface area (Å²) in [5.41, 5.74) is 3.14. The molecule has 0 saturated carbocycles. The fourth-order valence-electron chi connectivity index (χ4n) is 2.88. The molecular weight excluding hydrogens is 410 g/mol. The Morgan fingerprint density at radius 3 is 2.59 bits per heavy atom. The second-order valence-corrected chi connectivity index (χ2v) is 7.81. The van der Waals surface area contributed by atoms with E-state index in [1.165, 1.54) is 17.9 Å². The van der Waals surface area contributed by atoms with Crippen molar-refractivity contribution in [3.63, 3.8) is 0 Å². The molecule has 0 aliphatic carbocycles. The number of aryl methyl sites for hydroxylation is 2. The number of halogens is 1. The van der Waals surface area contributed by atoms with Crippen molar-refractivity contribution in [3.05, 3.63) is 75.3 Å². The van der Waals surface area contributed by atoms with Gasteiger partial charge < -0.3 is 10.1 Å². The summed E-state index contributed by atoms with van der Waals surface area (Å²) in [6.45, 7) is 3.94. The Labute approximate surface area is 177 Å². The smallest absolute Gasteiger partial charge is 0.287 e. The molecule has 150 valence electrons. The number of carbonyl (C=O) groups excluding carboxylic acids is 1. The highest BCUT2D eigenvalue weighted by Crippen LogP contribution is 2.26. The number of thioether (sulfide) groups is 1. The van der Waals surface area contributed by atoms with Gasteiger partial charge in [0.25, 0.3) is 5.56 Å². The molecule has 1 amide bonds. The Morgan fingerprint density at radius 1 is 1.21 bits per heavy atom. The molecule has 1 heterocycles. The lowest BCUT2D eigenvalue weighted by Crippen LogP contribution is -2.22. The van der Waals surface area contributed by atoms with Gasteiger partial charge in [0.1, 0.15) is 5.75 Å². The Kier molecular flexibility index (Phi) is 6.61. The molecule has 0 aliphatic heterocycles. The third-order valence-electron chi connectivity index (χ3n) is 4.07. The maximum absolute atomic E-state index is 12.8. The minimum absolute atomic E-state index is 0.0720. The van der Waals surface area contributed by atoms with E-state index in [0.717, 1.165) is 28.6 Å². The number of anilines is 1. The lowest BCUT2D eigenvalue weighted by atomic mass is 10.1. The molecule has 3 aromatic rings. The molecule has 0 fully saturated rings. The second-order valence-electron chi connectivity index (χ2n) is 6.44. The van der Waals surface area contributed by atoms with Crippen molar-refractivity contribution in [2.75, 3.05) is 18.2 Å². The number of benzene rings is 2. The Bertz CT molecular complexity index is 1090. The summed E-state index contributed by atoms with van der Waals surface area (Å²) in [4.78, 5) is 29.2. The number of hydrogen-bond acceptors (Lipinski definition) is 5. The molecule has 3 rings (SSSR count). The van der Waals surface area contributed by atoms with Gasteiger partial charge in [0.15, 0.2) is 5.03 Å². The van der Waals surface area contributed by atoms with Crippen molar-refractivity contribution in [3.8, 4) is 11.4 Å². The first kappa shape index (κ1) is 21.0. The molecule has 0 aliphatic rings. The van der Waals surface area contributed by atoms with Crippen molar-refractivity contribution in [2.24, 2.45) is 0 Å². The zero-order valence-electron chi connectivity index (χ0n) is 16.2. The molecule has 0 radical (unpaired) electrons. The Balaban J connectivity index is 1.73. The number of aromatic nitrogens is 2. The Morgan fingerprint density at radius 2 is 1.93 bits per heavy atom. The van der Waals surface area contributed by atoms with Crippen LogP contribution in [0.1, 0.15) is 11.1 Å². The molecule has 1 N–H and O–H groups in total. The SMILES string of the molecule is COc1ccc(-n2ccnc(SCC(=O)Nc3cc(C)cc(C)c3)c2=O)cc1Cl. The second kappa shape index (κ2) is 9.15. The lowest BCUT2D eigenvalue weighted by molar-refractivity contribution is -0.113. The minimum atomic E-state index is -0.321. The van der Waals surface area contributed by atoms with Crippen LogP contribution in [0.4, 0.5) is 5.69 Å². The van der Waals surface area contributed by atoms with Crippen LogP contribution in [0.2, 0.25) is 5.02 Å². The summed E-state index contributed by atoms with van der Waals surface area (Å²) in [7, 11) is 1.53. The van der Waals surface area contributed by atoms with Crippen LogP contribution in [-0.4, -0.2) is 28.3 Å². The van der Waals surface area contributed by atoms with Gasteiger partial charge in [-0.3, -0.25) is 14.2 Å². The van der Waals surface area contributed by atoms with E-state index in [9.17, 15) is 9.59 Å². The van der Waals surface area contributed by atoms with E-state index in [-0.39, 0.29) is 22.2 Å². The summed E-state index contributed by atoms with van der Waals surface area (Å²) in [5.74, 6) is 0.391. The van der Waals surface area contributed by atoms with Crippen LogP contribution >= 0.6 is 23.4 Å². The highest BCUT2D eigenvalue weighted by Gasteiger charge is 2.12. The van der Waals surface area contributed by atoms with Gasteiger partial charge in [-0.05, 0) is 55.3 Å². The highest BCUT2D eigenvalue weighted by atomic mass is 35.5. The summed E-state index contributed by atoms with van der Waals surface area (Å²) in [5, 5.41) is 3.48. The number of nitrogens with zero attached hydrogens (tertiary/aromatic N) is 2. The normalized spacial score (nSPS) is 10.6. The molecule has 2 aromatic carbocycles. The third kappa shape index (κ3) is 5.19. The zero-order chi connectivity index (χ0) is 21.0. The molecule has 0 unspecified atom stereocenters. The number of nitrogens with one attached hydrogen (secondary N) is 1. The van der Waals surface area contributed by atoms with Crippen molar-refractivity contribution >= 4 is 35.0 Å². The van der Waals surface area contributed by atoms with Gasteiger partial charge in [0.05, 0.1) is 23.6 Å². The van der Waals surface area contributed by atoms with Crippen molar-refractivity contribution in [2.45, 2.75) is 18.9 Å². The summed E-state index contributed by atoms with van der Waals surface area (Å²) >= 11 is 7.25. The third-order valence-corrected chi connectivity index (χ3v) is 5.32. The summed E-state index contributed by atoms with van der Waals surface area (Å²) < 4.78 is 6.57. The van der Waals surface area contributed by atoms with Gasteiger partial charge >= 0.3 is 0 Å².